The van der Waals surface area contributed by atoms with Gasteiger partial charge < -0.3 is 5.73 Å². The van der Waals surface area contributed by atoms with Crippen molar-refractivity contribution in [1.82, 2.24) is 0 Å². The molecule has 1 spiro atoms. The van der Waals surface area contributed by atoms with Crippen molar-refractivity contribution < 1.29 is 5.73 Å². The lowest BCUT2D eigenvalue weighted by atomic mass is 9.65. The fourth-order valence-electron chi connectivity index (χ4n) is 3.09. The zero-order valence-electron chi connectivity index (χ0n) is 8.15. The Bertz CT molecular complexity index is 137. The Morgan fingerprint density at radius 3 is 2.00 bits per heavy atom. The van der Waals surface area contributed by atoms with Crippen LogP contribution >= 0.6 is 0 Å². The summed E-state index contributed by atoms with van der Waals surface area (Å²) in [5, 5.41) is 0. The van der Waals surface area contributed by atoms with Gasteiger partial charge in [-0.2, -0.15) is 0 Å². The molecule has 0 aromatic heterocycles. The molecule has 0 saturated heterocycles. The van der Waals surface area contributed by atoms with Crippen molar-refractivity contribution in [2.24, 2.45) is 5.41 Å². The van der Waals surface area contributed by atoms with E-state index in [2.05, 4.69) is 5.73 Å². The Balaban J connectivity index is 1.92. The van der Waals surface area contributed by atoms with Crippen LogP contribution in [0.25, 0.3) is 0 Å². The highest BCUT2D eigenvalue weighted by Crippen LogP contribution is 2.46. The topological polar surface area (TPSA) is 27.6 Å². The summed E-state index contributed by atoms with van der Waals surface area (Å²) in [5.41, 5.74) is 4.97. The lowest BCUT2D eigenvalue weighted by Crippen LogP contribution is -2.62. The second kappa shape index (κ2) is 3.37. The van der Waals surface area contributed by atoms with Crippen molar-refractivity contribution in [2.45, 2.75) is 63.8 Å². The third-order valence-corrected chi connectivity index (χ3v) is 4.08. The molecule has 1 heteroatoms. The highest BCUT2D eigenvalue weighted by molar-refractivity contribution is 4.87. The molecule has 0 unspecified atom stereocenters. The highest BCUT2D eigenvalue weighted by atomic mass is 14.6. The van der Waals surface area contributed by atoms with Gasteiger partial charge in [0, 0.05) is 0 Å². The van der Waals surface area contributed by atoms with Crippen molar-refractivity contribution >= 4 is 0 Å². The Morgan fingerprint density at radius 2 is 1.42 bits per heavy atom. The van der Waals surface area contributed by atoms with Crippen molar-refractivity contribution in [1.29, 1.82) is 0 Å². The van der Waals surface area contributed by atoms with Crippen LogP contribution in [0.2, 0.25) is 0 Å². The van der Waals surface area contributed by atoms with Crippen molar-refractivity contribution in [3.8, 4) is 0 Å². The molecule has 2 fully saturated rings. The van der Waals surface area contributed by atoms with Crippen molar-refractivity contribution in [3.63, 3.8) is 0 Å². The molecule has 2 aliphatic carbocycles. The van der Waals surface area contributed by atoms with Gasteiger partial charge in [0.05, 0.1) is 6.04 Å². The van der Waals surface area contributed by atoms with Gasteiger partial charge in [0.2, 0.25) is 0 Å². The lowest BCUT2D eigenvalue weighted by Gasteiger charge is -2.41. The van der Waals surface area contributed by atoms with Gasteiger partial charge in [0.1, 0.15) is 0 Å². The molecule has 12 heavy (non-hydrogen) atoms. The van der Waals surface area contributed by atoms with E-state index in [0.29, 0.717) is 0 Å². The van der Waals surface area contributed by atoms with Gasteiger partial charge in [-0.3, -0.25) is 0 Å². The second-order valence-corrected chi connectivity index (χ2v) is 5.00. The largest absolute Gasteiger partial charge is 0.355 e. The fraction of sp³-hybridized carbons (Fsp3) is 1.00. The monoisotopic (exact) mass is 168 g/mol. The summed E-state index contributed by atoms with van der Waals surface area (Å²) in [4.78, 5) is 0. The van der Waals surface area contributed by atoms with Gasteiger partial charge in [0.25, 0.3) is 0 Å². The summed E-state index contributed by atoms with van der Waals surface area (Å²) in [5.74, 6) is 0. The van der Waals surface area contributed by atoms with Crippen molar-refractivity contribution in [3.05, 3.63) is 0 Å². The summed E-state index contributed by atoms with van der Waals surface area (Å²) in [7, 11) is 0. The Hall–Kier alpha value is -0.0400. The highest BCUT2D eigenvalue weighted by Gasteiger charge is 2.35. The standard InChI is InChI=1S/C11H21N/c12-10-4-8-11(9-5-10)6-2-1-3-7-11/h10H,1-9,12H2/p+1. The first kappa shape index (κ1) is 8.55. The molecular formula is C11H22N+. The molecule has 1 nitrogen and oxygen atoms in total. The minimum absolute atomic E-state index is 0.776. The van der Waals surface area contributed by atoms with Crippen LogP contribution in [0.1, 0.15) is 57.8 Å². The van der Waals surface area contributed by atoms with Gasteiger partial charge in [-0.25, -0.2) is 0 Å². The van der Waals surface area contributed by atoms with Crippen LogP contribution in [-0.2, 0) is 0 Å². The van der Waals surface area contributed by atoms with Crippen LogP contribution in [0.5, 0.6) is 0 Å². The molecule has 0 bridgehead atoms. The van der Waals surface area contributed by atoms with Gasteiger partial charge in [-0.15, -0.1) is 0 Å². The summed E-state index contributed by atoms with van der Waals surface area (Å²) in [6, 6.07) is 0.776. The van der Waals surface area contributed by atoms with E-state index in [1.807, 2.05) is 0 Å². The Labute approximate surface area is 75.7 Å². The maximum atomic E-state index is 4.18. The van der Waals surface area contributed by atoms with Crippen LogP contribution in [0.4, 0.5) is 0 Å². The fourth-order valence-corrected chi connectivity index (χ4v) is 3.09. The number of hydrogen-bond acceptors (Lipinski definition) is 0. The van der Waals surface area contributed by atoms with E-state index in [1.165, 1.54) is 57.8 Å². The zero-order valence-corrected chi connectivity index (χ0v) is 8.15. The molecule has 0 amide bonds. The molecule has 70 valence electrons. The average molecular weight is 168 g/mol. The summed E-state index contributed by atoms with van der Waals surface area (Å²) in [6.45, 7) is 0. The number of quaternary nitrogens is 1. The first-order valence-electron chi connectivity index (χ1n) is 5.64. The predicted octanol–water partition coefficient (Wildman–Crippen LogP) is 2.12. The maximum Gasteiger partial charge on any atom is 0.0844 e. The lowest BCUT2D eigenvalue weighted by molar-refractivity contribution is -0.428. The Morgan fingerprint density at radius 1 is 0.833 bits per heavy atom. The number of hydrogen-bond donors (Lipinski definition) is 1. The molecule has 2 saturated carbocycles. The summed E-state index contributed by atoms with van der Waals surface area (Å²) < 4.78 is 0. The van der Waals surface area contributed by atoms with Crippen LogP contribution in [0.3, 0.4) is 0 Å². The molecular weight excluding hydrogens is 146 g/mol. The molecule has 0 radical (unpaired) electrons. The predicted molar refractivity (Wildman–Crippen MR) is 50.7 cm³/mol. The first-order valence-corrected chi connectivity index (χ1v) is 5.64. The second-order valence-electron chi connectivity index (χ2n) is 5.00. The van der Waals surface area contributed by atoms with E-state index in [4.69, 9.17) is 0 Å². The van der Waals surface area contributed by atoms with Gasteiger partial charge in [0.15, 0.2) is 0 Å². The van der Waals surface area contributed by atoms with E-state index < -0.39 is 0 Å². The third kappa shape index (κ3) is 1.66. The number of rotatable bonds is 0. The van der Waals surface area contributed by atoms with Crippen LogP contribution in [-0.4, -0.2) is 6.04 Å². The molecule has 3 N–H and O–H groups in total. The summed E-state index contributed by atoms with van der Waals surface area (Å²) >= 11 is 0. The van der Waals surface area contributed by atoms with E-state index in [0.717, 1.165) is 11.5 Å². The quantitative estimate of drug-likeness (QED) is 0.574. The molecule has 0 aromatic carbocycles. The minimum Gasteiger partial charge on any atom is -0.355 e. The average Bonchev–Trinajstić information content (AvgIpc) is 2.13. The first-order chi connectivity index (χ1) is 5.81. The maximum absolute atomic E-state index is 4.18. The molecule has 0 heterocycles. The van der Waals surface area contributed by atoms with E-state index in [-0.39, 0.29) is 0 Å². The third-order valence-electron chi connectivity index (χ3n) is 4.08. The van der Waals surface area contributed by atoms with Crippen LogP contribution in [0, 0.1) is 5.41 Å². The smallest absolute Gasteiger partial charge is 0.0844 e. The zero-order chi connectivity index (χ0) is 8.44. The van der Waals surface area contributed by atoms with E-state index in [9.17, 15) is 0 Å². The van der Waals surface area contributed by atoms with Gasteiger partial charge >= 0.3 is 0 Å². The van der Waals surface area contributed by atoms with Gasteiger partial charge in [-0.1, -0.05) is 19.3 Å². The van der Waals surface area contributed by atoms with Crippen LogP contribution in [0.15, 0.2) is 0 Å². The molecule has 0 aromatic rings. The molecule has 0 atom stereocenters. The molecule has 2 rings (SSSR count). The van der Waals surface area contributed by atoms with Gasteiger partial charge in [-0.05, 0) is 43.9 Å². The normalized spacial score (nSPS) is 30.8. The summed E-state index contributed by atoms with van der Waals surface area (Å²) in [6.07, 6.45) is 13.3. The van der Waals surface area contributed by atoms with Crippen molar-refractivity contribution in [2.75, 3.05) is 0 Å². The molecule has 0 aliphatic heterocycles. The van der Waals surface area contributed by atoms with E-state index in [1.54, 1.807) is 0 Å². The molecule has 2 aliphatic rings. The van der Waals surface area contributed by atoms with E-state index >= 15 is 0 Å². The van der Waals surface area contributed by atoms with Crippen LogP contribution < -0.4 is 5.73 Å². The SMILES string of the molecule is [NH3+]C1CCC2(CCCCC2)CC1. The Kier molecular flexibility index (Phi) is 2.40. The minimum atomic E-state index is 0.776.